The summed E-state index contributed by atoms with van der Waals surface area (Å²) in [5.41, 5.74) is 2.19. The smallest absolute Gasteiger partial charge is 0.335 e. The van der Waals surface area contributed by atoms with E-state index in [1.807, 2.05) is 39.0 Å². The van der Waals surface area contributed by atoms with Crippen molar-refractivity contribution < 1.29 is 19.4 Å². The zero-order chi connectivity index (χ0) is 17.5. The van der Waals surface area contributed by atoms with Crippen LogP contribution in [0.4, 0.5) is 5.69 Å². The maximum atomic E-state index is 10.9. The molecule has 0 atom stereocenters. The van der Waals surface area contributed by atoms with Crippen LogP contribution in [-0.2, 0) is 6.54 Å². The summed E-state index contributed by atoms with van der Waals surface area (Å²) in [6, 6.07) is 12.5. The lowest BCUT2D eigenvalue weighted by Crippen LogP contribution is -2.08. The number of hydrogen-bond acceptors (Lipinski definition) is 4. The first-order chi connectivity index (χ1) is 11.5. The van der Waals surface area contributed by atoms with E-state index in [1.54, 1.807) is 24.3 Å². The quantitative estimate of drug-likeness (QED) is 0.760. The minimum absolute atomic E-state index is 0.0842. The highest BCUT2D eigenvalue weighted by molar-refractivity contribution is 5.87. The van der Waals surface area contributed by atoms with E-state index in [1.165, 1.54) is 0 Å². The molecule has 2 rings (SSSR count). The molecule has 2 N–H and O–H groups in total. The molecule has 0 amide bonds. The van der Waals surface area contributed by atoms with Gasteiger partial charge >= 0.3 is 5.97 Å². The minimum Gasteiger partial charge on any atom is -0.490 e. The normalized spacial score (nSPS) is 10.5. The maximum absolute atomic E-state index is 10.9. The molecule has 0 saturated heterocycles. The Hall–Kier alpha value is -2.69. The molecule has 24 heavy (non-hydrogen) atoms. The summed E-state index contributed by atoms with van der Waals surface area (Å²) in [5, 5.41) is 12.2. The van der Waals surface area contributed by atoms with Crippen molar-refractivity contribution in [2.45, 2.75) is 33.4 Å². The van der Waals surface area contributed by atoms with Gasteiger partial charge in [-0.1, -0.05) is 6.07 Å². The van der Waals surface area contributed by atoms with Gasteiger partial charge in [-0.15, -0.1) is 0 Å². The predicted octanol–water partition coefficient (Wildman–Crippen LogP) is 4.18. The summed E-state index contributed by atoms with van der Waals surface area (Å²) in [7, 11) is 0. The maximum Gasteiger partial charge on any atom is 0.335 e. The summed E-state index contributed by atoms with van der Waals surface area (Å²) < 4.78 is 11.4. The van der Waals surface area contributed by atoms with Gasteiger partial charge in [0.15, 0.2) is 11.5 Å². The second-order valence-electron chi connectivity index (χ2n) is 5.62. The number of rotatable bonds is 8. The first kappa shape index (κ1) is 17.7. The van der Waals surface area contributed by atoms with Crippen molar-refractivity contribution in [2.24, 2.45) is 0 Å². The summed E-state index contributed by atoms with van der Waals surface area (Å²) in [6.45, 7) is 7.07. The van der Waals surface area contributed by atoms with E-state index in [4.69, 9.17) is 14.6 Å². The predicted molar refractivity (Wildman–Crippen MR) is 94.1 cm³/mol. The summed E-state index contributed by atoms with van der Waals surface area (Å²) >= 11 is 0. The Bertz CT molecular complexity index is 680. The molecule has 0 radical (unpaired) electrons. The zero-order valence-electron chi connectivity index (χ0n) is 14.2. The average Bonchev–Trinajstić information content (AvgIpc) is 2.55. The molecule has 0 aliphatic rings. The van der Waals surface area contributed by atoms with E-state index in [0.29, 0.717) is 13.2 Å². The lowest BCUT2D eigenvalue weighted by molar-refractivity contribution is 0.0697. The fourth-order valence-corrected chi connectivity index (χ4v) is 2.22. The molecule has 0 fully saturated rings. The number of ether oxygens (including phenoxy) is 2. The molecular formula is C19H23NO4. The monoisotopic (exact) mass is 329 g/mol. The molecule has 5 heteroatoms. The molecule has 0 aliphatic carbocycles. The second-order valence-corrected chi connectivity index (χ2v) is 5.62. The molecule has 0 saturated carbocycles. The van der Waals surface area contributed by atoms with Crippen molar-refractivity contribution in [3.8, 4) is 11.5 Å². The Kier molecular flexibility index (Phi) is 6.07. The van der Waals surface area contributed by atoms with Gasteiger partial charge in [-0.3, -0.25) is 0 Å². The number of aromatic carboxylic acids is 1. The van der Waals surface area contributed by atoms with E-state index in [9.17, 15) is 4.79 Å². The van der Waals surface area contributed by atoms with Gasteiger partial charge in [0.2, 0.25) is 0 Å². The third-order valence-electron chi connectivity index (χ3n) is 3.30. The van der Waals surface area contributed by atoms with E-state index in [0.717, 1.165) is 22.7 Å². The summed E-state index contributed by atoms with van der Waals surface area (Å²) in [5.74, 6) is 0.539. The Labute approximate surface area is 142 Å². The lowest BCUT2D eigenvalue weighted by Gasteiger charge is -2.16. The van der Waals surface area contributed by atoms with Crippen molar-refractivity contribution in [3.05, 3.63) is 53.6 Å². The lowest BCUT2D eigenvalue weighted by atomic mass is 10.1. The van der Waals surface area contributed by atoms with E-state index >= 15 is 0 Å². The molecule has 5 nitrogen and oxygen atoms in total. The molecule has 0 unspecified atom stereocenters. The SMILES string of the molecule is CCOc1cc(CNc2ccc(C(=O)O)cc2)ccc1OC(C)C. The molecule has 0 aliphatic heterocycles. The number of carboxylic acid groups (broad SMARTS) is 1. The van der Waals surface area contributed by atoms with Gasteiger partial charge < -0.3 is 19.9 Å². The average molecular weight is 329 g/mol. The van der Waals surface area contributed by atoms with Crippen LogP contribution in [-0.4, -0.2) is 23.8 Å². The highest BCUT2D eigenvalue weighted by Gasteiger charge is 2.08. The van der Waals surface area contributed by atoms with Crippen molar-refractivity contribution in [1.82, 2.24) is 0 Å². The third kappa shape index (κ3) is 4.91. The van der Waals surface area contributed by atoms with Gasteiger partial charge in [0.1, 0.15) is 0 Å². The van der Waals surface area contributed by atoms with Crippen LogP contribution in [0.1, 0.15) is 36.7 Å². The fourth-order valence-electron chi connectivity index (χ4n) is 2.22. The summed E-state index contributed by atoms with van der Waals surface area (Å²) in [4.78, 5) is 10.9. The number of nitrogens with one attached hydrogen (secondary N) is 1. The van der Waals surface area contributed by atoms with Gasteiger partial charge in [0.05, 0.1) is 18.3 Å². The van der Waals surface area contributed by atoms with E-state index < -0.39 is 5.97 Å². The van der Waals surface area contributed by atoms with Gasteiger partial charge in [0, 0.05) is 12.2 Å². The van der Waals surface area contributed by atoms with Crippen LogP contribution in [0.15, 0.2) is 42.5 Å². The van der Waals surface area contributed by atoms with Gasteiger partial charge in [0.25, 0.3) is 0 Å². The van der Waals surface area contributed by atoms with Crippen LogP contribution in [0, 0.1) is 0 Å². The third-order valence-corrected chi connectivity index (χ3v) is 3.30. The number of hydrogen-bond donors (Lipinski definition) is 2. The Morgan fingerprint density at radius 1 is 1.12 bits per heavy atom. The first-order valence-corrected chi connectivity index (χ1v) is 7.99. The van der Waals surface area contributed by atoms with Crippen LogP contribution in [0.3, 0.4) is 0 Å². The Morgan fingerprint density at radius 2 is 1.83 bits per heavy atom. The Morgan fingerprint density at radius 3 is 2.42 bits per heavy atom. The largest absolute Gasteiger partial charge is 0.490 e. The highest BCUT2D eigenvalue weighted by Crippen LogP contribution is 2.29. The number of anilines is 1. The molecule has 0 heterocycles. The molecule has 128 valence electrons. The van der Waals surface area contributed by atoms with Gasteiger partial charge in [-0.2, -0.15) is 0 Å². The zero-order valence-corrected chi connectivity index (χ0v) is 14.2. The standard InChI is InChI=1S/C19H23NO4/c1-4-23-18-11-14(5-10-17(18)24-13(2)3)12-20-16-8-6-15(7-9-16)19(21)22/h5-11,13,20H,4,12H2,1-3H3,(H,21,22). The van der Waals surface area contributed by atoms with Crippen molar-refractivity contribution in [3.63, 3.8) is 0 Å². The molecule has 2 aromatic rings. The minimum atomic E-state index is -0.927. The highest BCUT2D eigenvalue weighted by atomic mass is 16.5. The van der Waals surface area contributed by atoms with E-state index in [2.05, 4.69) is 5.32 Å². The van der Waals surface area contributed by atoms with E-state index in [-0.39, 0.29) is 11.7 Å². The van der Waals surface area contributed by atoms with Crippen LogP contribution in [0.25, 0.3) is 0 Å². The van der Waals surface area contributed by atoms with Crippen LogP contribution in [0.2, 0.25) is 0 Å². The van der Waals surface area contributed by atoms with Crippen molar-refractivity contribution >= 4 is 11.7 Å². The molecule has 2 aromatic carbocycles. The van der Waals surface area contributed by atoms with Crippen LogP contribution < -0.4 is 14.8 Å². The number of carboxylic acids is 1. The second kappa shape index (κ2) is 8.24. The molecule has 0 aromatic heterocycles. The Balaban J connectivity index is 2.06. The first-order valence-electron chi connectivity index (χ1n) is 7.99. The van der Waals surface area contributed by atoms with Crippen molar-refractivity contribution in [2.75, 3.05) is 11.9 Å². The summed E-state index contributed by atoms with van der Waals surface area (Å²) in [6.07, 6.45) is 0.0842. The fraction of sp³-hybridized carbons (Fsp3) is 0.316. The van der Waals surface area contributed by atoms with Gasteiger partial charge in [-0.25, -0.2) is 4.79 Å². The molecule has 0 bridgehead atoms. The molecular weight excluding hydrogens is 306 g/mol. The van der Waals surface area contributed by atoms with Crippen LogP contribution in [0.5, 0.6) is 11.5 Å². The van der Waals surface area contributed by atoms with Gasteiger partial charge in [-0.05, 0) is 62.7 Å². The van der Waals surface area contributed by atoms with Crippen LogP contribution >= 0.6 is 0 Å². The number of benzene rings is 2. The molecule has 0 spiro atoms. The number of carbonyl (C=O) groups is 1. The van der Waals surface area contributed by atoms with Crippen molar-refractivity contribution in [1.29, 1.82) is 0 Å². The topological polar surface area (TPSA) is 67.8 Å².